The molecule has 0 aliphatic rings. The number of amides is 1. The predicted molar refractivity (Wildman–Crippen MR) is 107 cm³/mol. The van der Waals surface area contributed by atoms with Crippen LogP contribution in [0, 0.1) is 0 Å². The summed E-state index contributed by atoms with van der Waals surface area (Å²) in [5, 5.41) is 3.51. The lowest BCUT2D eigenvalue weighted by atomic mass is 10.2. The standard InChI is InChI=1S/C19H15Cl2N3O4/c20-13-5-3-6-14(21)18(13)23-16(25)10-28-17(26)8-9-24-11-22-15-7-2-1-4-12(15)19(24)27/h1-7,11H,8-10H2,(H,23,25). The molecule has 3 aromatic rings. The summed E-state index contributed by atoms with van der Waals surface area (Å²) in [6.07, 6.45) is 1.30. The molecule has 1 aromatic heterocycles. The lowest BCUT2D eigenvalue weighted by Crippen LogP contribution is -2.24. The summed E-state index contributed by atoms with van der Waals surface area (Å²) in [6.45, 7) is -0.404. The molecule has 7 nitrogen and oxygen atoms in total. The molecule has 0 radical (unpaired) electrons. The number of carbonyl (C=O) groups is 2. The van der Waals surface area contributed by atoms with E-state index in [9.17, 15) is 14.4 Å². The molecule has 144 valence electrons. The third-order valence-corrected chi connectivity index (χ3v) is 4.51. The molecule has 28 heavy (non-hydrogen) atoms. The lowest BCUT2D eigenvalue weighted by molar-refractivity contribution is -0.147. The van der Waals surface area contributed by atoms with E-state index in [1.807, 2.05) is 0 Å². The number of hydrogen-bond donors (Lipinski definition) is 1. The van der Waals surface area contributed by atoms with Crippen molar-refractivity contribution in [2.45, 2.75) is 13.0 Å². The molecule has 3 rings (SSSR count). The Kier molecular flexibility index (Phi) is 6.28. The molecule has 0 aliphatic carbocycles. The van der Waals surface area contributed by atoms with Crippen LogP contribution >= 0.6 is 23.2 Å². The van der Waals surface area contributed by atoms with Gasteiger partial charge in [0.25, 0.3) is 11.5 Å². The van der Waals surface area contributed by atoms with E-state index in [1.54, 1.807) is 42.5 Å². The maximum atomic E-state index is 12.4. The van der Waals surface area contributed by atoms with Gasteiger partial charge in [-0.25, -0.2) is 4.98 Å². The minimum Gasteiger partial charge on any atom is -0.456 e. The Labute approximate surface area is 169 Å². The first-order chi connectivity index (χ1) is 13.5. The highest BCUT2D eigenvalue weighted by Crippen LogP contribution is 2.29. The van der Waals surface area contributed by atoms with Gasteiger partial charge in [0.05, 0.1) is 39.4 Å². The summed E-state index contributed by atoms with van der Waals surface area (Å²) in [5.41, 5.74) is 0.589. The van der Waals surface area contributed by atoms with Gasteiger partial charge in [-0.2, -0.15) is 0 Å². The zero-order valence-electron chi connectivity index (χ0n) is 14.5. The van der Waals surface area contributed by atoms with Gasteiger partial charge in [0.2, 0.25) is 0 Å². The van der Waals surface area contributed by atoms with Crippen LogP contribution in [0.4, 0.5) is 5.69 Å². The molecular weight excluding hydrogens is 405 g/mol. The fourth-order valence-electron chi connectivity index (χ4n) is 2.49. The van der Waals surface area contributed by atoms with Crippen molar-refractivity contribution in [3.63, 3.8) is 0 Å². The number of para-hydroxylation sites is 2. The van der Waals surface area contributed by atoms with E-state index in [-0.39, 0.29) is 34.3 Å². The third-order valence-electron chi connectivity index (χ3n) is 3.88. The van der Waals surface area contributed by atoms with Crippen LogP contribution < -0.4 is 10.9 Å². The Morgan fingerprint density at radius 2 is 1.79 bits per heavy atom. The van der Waals surface area contributed by atoms with E-state index < -0.39 is 18.5 Å². The van der Waals surface area contributed by atoms with Crippen molar-refractivity contribution >= 4 is 51.7 Å². The number of carbonyl (C=O) groups excluding carboxylic acids is 2. The second kappa shape index (κ2) is 8.86. The highest BCUT2D eigenvalue weighted by atomic mass is 35.5. The summed E-state index contributed by atoms with van der Waals surface area (Å²) in [4.78, 5) is 40.4. The average Bonchev–Trinajstić information content (AvgIpc) is 2.69. The van der Waals surface area contributed by atoms with Crippen LogP contribution in [0.1, 0.15) is 6.42 Å². The van der Waals surface area contributed by atoms with Crippen LogP contribution in [0.3, 0.4) is 0 Å². The maximum absolute atomic E-state index is 12.4. The minimum absolute atomic E-state index is 0.0833. The zero-order chi connectivity index (χ0) is 20.1. The van der Waals surface area contributed by atoms with E-state index in [0.717, 1.165) is 0 Å². The number of anilines is 1. The number of aryl methyl sites for hydroxylation is 1. The number of hydrogen-bond acceptors (Lipinski definition) is 5. The first-order valence-electron chi connectivity index (χ1n) is 8.29. The van der Waals surface area contributed by atoms with Crippen molar-refractivity contribution in [1.29, 1.82) is 0 Å². The van der Waals surface area contributed by atoms with Crippen molar-refractivity contribution in [1.82, 2.24) is 9.55 Å². The van der Waals surface area contributed by atoms with Crippen molar-refractivity contribution < 1.29 is 14.3 Å². The van der Waals surface area contributed by atoms with Crippen LogP contribution in [0.2, 0.25) is 10.0 Å². The largest absolute Gasteiger partial charge is 0.456 e. The number of halogens is 2. The van der Waals surface area contributed by atoms with Gasteiger partial charge < -0.3 is 10.1 Å². The van der Waals surface area contributed by atoms with E-state index in [0.29, 0.717) is 10.9 Å². The van der Waals surface area contributed by atoms with Crippen LogP contribution in [0.25, 0.3) is 10.9 Å². The molecule has 1 N–H and O–H groups in total. The second-order valence-electron chi connectivity index (χ2n) is 5.82. The third kappa shape index (κ3) is 4.68. The van der Waals surface area contributed by atoms with Crippen molar-refractivity contribution in [2.24, 2.45) is 0 Å². The highest BCUT2D eigenvalue weighted by Gasteiger charge is 2.12. The van der Waals surface area contributed by atoms with Gasteiger partial charge in [0, 0.05) is 6.54 Å². The van der Waals surface area contributed by atoms with Gasteiger partial charge in [-0.05, 0) is 24.3 Å². The molecular formula is C19H15Cl2N3O4. The summed E-state index contributed by atoms with van der Waals surface area (Å²) >= 11 is 11.9. The number of fused-ring (bicyclic) bond motifs is 1. The lowest BCUT2D eigenvalue weighted by Gasteiger charge is -2.10. The van der Waals surface area contributed by atoms with E-state index in [2.05, 4.69) is 10.3 Å². The van der Waals surface area contributed by atoms with Crippen LogP contribution in [0.15, 0.2) is 53.6 Å². The summed E-state index contributed by atoms with van der Waals surface area (Å²) < 4.78 is 6.26. The number of ether oxygens (including phenoxy) is 1. The monoisotopic (exact) mass is 419 g/mol. The van der Waals surface area contributed by atoms with Gasteiger partial charge in [0.1, 0.15) is 0 Å². The normalized spacial score (nSPS) is 10.6. The molecule has 1 amide bonds. The summed E-state index contributed by atoms with van der Waals surface area (Å²) in [6, 6.07) is 11.7. The van der Waals surface area contributed by atoms with Crippen molar-refractivity contribution in [3.05, 3.63) is 69.2 Å². The number of nitrogens with one attached hydrogen (secondary N) is 1. The smallest absolute Gasteiger partial charge is 0.308 e. The Bertz CT molecular complexity index is 1080. The SMILES string of the molecule is O=C(COC(=O)CCn1cnc2ccccc2c1=O)Nc1c(Cl)cccc1Cl. The van der Waals surface area contributed by atoms with Crippen molar-refractivity contribution in [3.8, 4) is 0 Å². The van der Waals surface area contributed by atoms with Gasteiger partial charge >= 0.3 is 5.97 Å². The topological polar surface area (TPSA) is 90.3 Å². The molecule has 0 bridgehead atoms. The minimum atomic E-state index is -0.625. The van der Waals surface area contributed by atoms with Crippen LogP contribution in [0.5, 0.6) is 0 Å². The molecule has 0 fully saturated rings. The fraction of sp³-hybridized carbons (Fsp3) is 0.158. The number of nitrogens with zero attached hydrogens (tertiary/aromatic N) is 2. The first kappa shape index (κ1) is 19.9. The molecule has 0 saturated carbocycles. The Morgan fingerprint density at radius 1 is 1.07 bits per heavy atom. The number of esters is 1. The zero-order valence-corrected chi connectivity index (χ0v) is 16.0. The summed E-state index contributed by atoms with van der Waals surface area (Å²) in [5.74, 6) is -1.20. The van der Waals surface area contributed by atoms with Crippen LogP contribution in [-0.2, 0) is 20.9 Å². The quantitative estimate of drug-likeness (QED) is 0.619. The summed E-state index contributed by atoms with van der Waals surface area (Å²) in [7, 11) is 0. The molecule has 0 aliphatic heterocycles. The van der Waals surface area contributed by atoms with E-state index >= 15 is 0 Å². The number of rotatable bonds is 6. The first-order valence-corrected chi connectivity index (χ1v) is 9.05. The van der Waals surface area contributed by atoms with Crippen molar-refractivity contribution in [2.75, 3.05) is 11.9 Å². The van der Waals surface area contributed by atoms with Gasteiger partial charge in [-0.3, -0.25) is 19.0 Å². The number of aromatic nitrogens is 2. The number of benzene rings is 2. The molecule has 0 spiro atoms. The molecule has 9 heteroatoms. The Balaban J connectivity index is 1.53. The average molecular weight is 420 g/mol. The predicted octanol–water partition coefficient (Wildman–Crippen LogP) is 3.28. The molecule has 1 heterocycles. The fourth-order valence-corrected chi connectivity index (χ4v) is 2.98. The molecule has 0 unspecified atom stereocenters. The van der Waals surface area contributed by atoms with E-state index in [1.165, 1.54) is 10.9 Å². The maximum Gasteiger partial charge on any atom is 0.308 e. The Hall–Kier alpha value is -2.90. The molecule has 2 aromatic carbocycles. The van der Waals surface area contributed by atoms with Gasteiger partial charge in [-0.1, -0.05) is 41.4 Å². The molecule has 0 saturated heterocycles. The van der Waals surface area contributed by atoms with Gasteiger partial charge in [-0.15, -0.1) is 0 Å². The Morgan fingerprint density at radius 3 is 2.54 bits per heavy atom. The van der Waals surface area contributed by atoms with Gasteiger partial charge in [0.15, 0.2) is 6.61 Å². The van der Waals surface area contributed by atoms with Crippen LogP contribution in [-0.4, -0.2) is 28.0 Å². The second-order valence-corrected chi connectivity index (χ2v) is 6.63. The van der Waals surface area contributed by atoms with E-state index in [4.69, 9.17) is 27.9 Å². The molecule has 0 atom stereocenters. The highest BCUT2D eigenvalue weighted by molar-refractivity contribution is 6.39.